The predicted octanol–water partition coefficient (Wildman–Crippen LogP) is 3.91. The molecule has 2 amide bonds. The Morgan fingerprint density at radius 1 is 0.929 bits per heavy atom. The van der Waals surface area contributed by atoms with Crippen LogP contribution < -0.4 is 16.0 Å². The molecule has 0 aliphatic heterocycles. The van der Waals surface area contributed by atoms with E-state index in [1.165, 1.54) is 13.1 Å². The molecule has 7 heteroatoms. The summed E-state index contributed by atoms with van der Waals surface area (Å²) >= 11 is 0. The first-order valence-corrected chi connectivity index (χ1v) is 8.46. The molecule has 0 radical (unpaired) electrons. The molecule has 3 aromatic rings. The lowest BCUT2D eigenvalue weighted by Crippen LogP contribution is -2.14. The van der Waals surface area contributed by atoms with E-state index in [1.807, 2.05) is 6.07 Å². The Kier molecular flexibility index (Phi) is 5.63. The van der Waals surface area contributed by atoms with Crippen LogP contribution in [0.25, 0.3) is 0 Å². The number of para-hydroxylation sites is 1. The first kappa shape index (κ1) is 18.6. The van der Waals surface area contributed by atoms with Gasteiger partial charge in [0, 0.05) is 30.2 Å². The highest BCUT2D eigenvalue weighted by atomic mass is 16.2. The second-order valence-corrected chi connectivity index (χ2v) is 5.92. The summed E-state index contributed by atoms with van der Waals surface area (Å²) < 4.78 is 0. The number of nitrogens with zero attached hydrogens (tertiary/aromatic N) is 2. The Labute approximate surface area is 162 Å². The van der Waals surface area contributed by atoms with Gasteiger partial charge >= 0.3 is 0 Å². The van der Waals surface area contributed by atoms with Crippen LogP contribution in [0.1, 0.15) is 23.0 Å². The number of amides is 2. The maximum Gasteiger partial charge on any atom is 0.274 e. The summed E-state index contributed by atoms with van der Waals surface area (Å²) in [5.74, 6) is -0.534. The third-order valence-corrected chi connectivity index (χ3v) is 3.78. The maximum atomic E-state index is 12.5. The molecule has 1 aromatic heterocycles. The van der Waals surface area contributed by atoms with E-state index in [-0.39, 0.29) is 17.5 Å². The number of benzene rings is 2. The van der Waals surface area contributed by atoms with Crippen LogP contribution in [0, 0.1) is 11.3 Å². The largest absolute Gasteiger partial charge is 0.354 e. The lowest BCUT2D eigenvalue weighted by Gasteiger charge is -2.10. The van der Waals surface area contributed by atoms with Crippen molar-refractivity contribution in [3.63, 3.8) is 0 Å². The molecular weight excluding hydrogens is 354 g/mol. The lowest BCUT2D eigenvalue weighted by atomic mass is 10.2. The van der Waals surface area contributed by atoms with Gasteiger partial charge < -0.3 is 16.0 Å². The van der Waals surface area contributed by atoms with Crippen molar-refractivity contribution >= 4 is 34.6 Å². The van der Waals surface area contributed by atoms with E-state index in [0.29, 0.717) is 28.3 Å². The van der Waals surface area contributed by atoms with Crippen LogP contribution in [0.5, 0.6) is 0 Å². The standard InChI is InChI=1S/C21H17N5O2/c1-14(27)24-16-6-8-17(9-7-16)26-21(28)20-12-18(10-11-23-20)25-19-5-3-2-4-15(19)13-22/h2-12H,1H3,(H,23,25)(H,24,27)(H,26,28). The van der Waals surface area contributed by atoms with E-state index >= 15 is 0 Å². The summed E-state index contributed by atoms with van der Waals surface area (Å²) in [4.78, 5) is 27.6. The van der Waals surface area contributed by atoms with Crippen molar-refractivity contribution in [1.82, 2.24) is 4.98 Å². The molecule has 0 atom stereocenters. The number of anilines is 4. The average Bonchev–Trinajstić information content (AvgIpc) is 2.70. The number of hydrogen-bond acceptors (Lipinski definition) is 5. The van der Waals surface area contributed by atoms with Crippen molar-refractivity contribution < 1.29 is 9.59 Å². The van der Waals surface area contributed by atoms with Crippen LogP contribution in [-0.2, 0) is 4.79 Å². The normalized spacial score (nSPS) is 9.86. The Balaban J connectivity index is 1.72. The molecular formula is C21H17N5O2. The fraction of sp³-hybridized carbons (Fsp3) is 0.0476. The van der Waals surface area contributed by atoms with Crippen molar-refractivity contribution in [2.24, 2.45) is 0 Å². The second kappa shape index (κ2) is 8.47. The Bertz CT molecular complexity index is 1050. The third-order valence-electron chi connectivity index (χ3n) is 3.78. The van der Waals surface area contributed by atoms with Crippen molar-refractivity contribution in [3.8, 4) is 6.07 Å². The number of aromatic nitrogens is 1. The van der Waals surface area contributed by atoms with Gasteiger partial charge in [-0.15, -0.1) is 0 Å². The number of nitriles is 1. The van der Waals surface area contributed by atoms with Gasteiger partial charge in [0.1, 0.15) is 11.8 Å². The zero-order valence-electron chi connectivity index (χ0n) is 15.1. The molecule has 3 rings (SSSR count). The zero-order chi connectivity index (χ0) is 19.9. The fourth-order valence-electron chi connectivity index (χ4n) is 2.51. The molecule has 0 aliphatic rings. The Hall–Kier alpha value is -4.18. The molecule has 7 nitrogen and oxygen atoms in total. The Morgan fingerprint density at radius 2 is 1.61 bits per heavy atom. The molecule has 28 heavy (non-hydrogen) atoms. The number of rotatable bonds is 5. The first-order valence-electron chi connectivity index (χ1n) is 8.46. The molecule has 0 spiro atoms. The second-order valence-electron chi connectivity index (χ2n) is 5.92. The summed E-state index contributed by atoms with van der Waals surface area (Å²) in [5.41, 5.74) is 3.25. The molecule has 138 valence electrons. The highest BCUT2D eigenvalue weighted by Crippen LogP contribution is 2.21. The van der Waals surface area contributed by atoms with E-state index in [2.05, 4.69) is 27.0 Å². The molecule has 0 unspecified atom stereocenters. The number of hydrogen-bond donors (Lipinski definition) is 3. The summed E-state index contributed by atoms with van der Waals surface area (Å²) in [5, 5.41) is 17.7. The molecule has 2 aromatic carbocycles. The van der Waals surface area contributed by atoms with Crippen molar-refractivity contribution in [2.45, 2.75) is 6.92 Å². The number of pyridine rings is 1. The van der Waals surface area contributed by atoms with Crippen LogP contribution in [0.2, 0.25) is 0 Å². The summed E-state index contributed by atoms with van der Waals surface area (Å²) in [6, 6.07) is 19.3. The minimum absolute atomic E-state index is 0.164. The van der Waals surface area contributed by atoms with Gasteiger partial charge in [-0.25, -0.2) is 0 Å². The van der Waals surface area contributed by atoms with Crippen LogP contribution in [0.15, 0.2) is 66.9 Å². The maximum absolute atomic E-state index is 12.5. The molecule has 3 N–H and O–H groups in total. The zero-order valence-corrected chi connectivity index (χ0v) is 15.1. The van der Waals surface area contributed by atoms with Crippen molar-refractivity contribution in [3.05, 3.63) is 78.1 Å². The van der Waals surface area contributed by atoms with E-state index in [9.17, 15) is 14.9 Å². The number of carbonyl (C=O) groups is 2. The first-order chi connectivity index (χ1) is 13.5. The van der Waals surface area contributed by atoms with Crippen molar-refractivity contribution in [2.75, 3.05) is 16.0 Å². The van der Waals surface area contributed by atoms with Gasteiger partial charge in [0.05, 0.1) is 11.3 Å². The van der Waals surface area contributed by atoms with E-state index < -0.39 is 0 Å². The SMILES string of the molecule is CC(=O)Nc1ccc(NC(=O)c2cc(Nc3ccccc3C#N)ccn2)cc1. The summed E-state index contributed by atoms with van der Waals surface area (Å²) in [7, 11) is 0. The molecule has 1 heterocycles. The Morgan fingerprint density at radius 3 is 2.29 bits per heavy atom. The smallest absolute Gasteiger partial charge is 0.274 e. The average molecular weight is 371 g/mol. The molecule has 0 saturated heterocycles. The minimum atomic E-state index is -0.371. The number of nitrogens with one attached hydrogen (secondary N) is 3. The van der Waals surface area contributed by atoms with Gasteiger partial charge in [-0.05, 0) is 48.5 Å². The number of carbonyl (C=O) groups excluding carboxylic acids is 2. The summed E-state index contributed by atoms with van der Waals surface area (Å²) in [6.07, 6.45) is 1.52. The van der Waals surface area contributed by atoms with Crippen LogP contribution in [0.3, 0.4) is 0 Å². The van der Waals surface area contributed by atoms with E-state index in [0.717, 1.165) is 0 Å². The quantitative estimate of drug-likeness (QED) is 0.630. The van der Waals surface area contributed by atoms with Crippen LogP contribution >= 0.6 is 0 Å². The highest BCUT2D eigenvalue weighted by Gasteiger charge is 2.10. The predicted molar refractivity (Wildman–Crippen MR) is 107 cm³/mol. The molecule has 0 bridgehead atoms. The van der Waals surface area contributed by atoms with Gasteiger partial charge in [-0.3, -0.25) is 14.6 Å². The third kappa shape index (κ3) is 4.71. The molecule has 0 aliphatic carbocycles. The van der Waals surface area contributed by atoms with Crippen molar-refractivity contribution in [1.29, 1.82) is 5.26 Å². The minimum Gasteiger partial charge on any atom is -0.354 e. The topological polar surface area (TPSA) is 107 Å². The molecule has 0 saturated carbocycles. The summed E-state index contributed by atoms with van der Waals surface area (Å²) in [6.45, 7) is 1.43. The van der Waals surface area contributed by atoms with E-state index in [1.54, 1.807) is 54.6 Å². The monoisotopic (exact) mass is 371 g/mol. The fourth-order valence-corrected chi connectivity index (χ4v) is 2.51. The highest BCUT2D eigenvalue weighted by molar-refractivity contribution is 6.03. The van der Waals surface area contributed by atoms with Gasteiger partial charge in [0.25, 0.3) is 5.91 Å². The van der Waals surface area contributed by atoms with Gasteiger partial charge in [0.2, 0.25) is 5.91 Å². The van der Waals surface area contributed by atoms with Gasteiger partial charge in [0.15, 0.2) is 0 Å². The van der Waals surface area contributed by atoms with Gasteiger partial charge in [-0.2, -0.15) is 5.26 Å². The van der Waals surface area contributed by atoms with E-state index in [4.69, 9.17) is 0 Å². The van der Waals surface area contributed by atoms with Crippen LogP contribution in [-0.4, -0.2) is 16.8 Å². The lowest BCUT2D eigenvalue weighted by molar-refractivity contribution is -0.114. The van der Waals surface area contributed by atoms with Crippen LogP contribution in [0.4, 0.5) is 22.7 Å². The molecule has 0 fully saturated rings. The van der Waals surface area contributed by atoms with Gasteiger partial charge in [-0.1, -0.05) is 12.1 Å².